The first kappa shape index (κ1) is 8.70. The fourth-order valence-electron chi connectivity index (χ4n) is 0.658. The number of thiazole rings is 1. The van der Waals surface area contributed by atoms with Gasteiger partial charge in [-0.15, -0.1) is 11.3 Å². The highest BCUT2D eigenvalue weighted by Gasteiger charge is 1.96. The molecule has 1 atom stereocenters. The van der Waals surface area contributed by atoms with Crippen LogP contribution in [-0.2, 0) is 9.80 Å². The van der Waals surface area contributed by atoms with Crippen molar-refractivity contribution in [2.45, 2.75) is 6.92 Å². The van der Waals surface area contributed by atoms with Gasteiger partial charge in [-0.25, -0.2) is 9.19 Å². The summed E-state index contributed by atoms with van der Waals surface area (Å²) < 4.78 is 19.7. The summed E-state index contributed by atoms with van der Waals surface area (Å²) in [6.45, 7) is 1.86. The largest absolute Gasteiger partial charge is 0.313 e. The van der Waals surface area contributed by atoms with E-state index in [2.05, 4.69) is 4.98 Å². The van der Waals surface area contributed by atoms with E-state index in [0.29, 0.717) is 5.69 Å². The molecule has 0 spiro atoms. The molecule has 0 radical (unpaired) electrons. The van der Waals surface area contributed by atoms with E-state index in [1.54, 1.807) is 5.38 Å². The van der Waals surface area contributed by atoms with E-state index in [1.165, 1.54) is 23.0 Å². The van der Waals surface area contributed by atoms with Gasteiger partial charge >= 0.3 is 0 Å². The Hall–Kier alpha value is -0.390. The number of hydrogen-bond acceptors (Lipinski definition) is 3. The Balaban J connectivity index is 3.07. The van der Waals surface area contributed by atoms with Gasteiger partial charge < -0.3 is 4.55 Å². The maximum atomic E-state index is 10.8. The first-order chi connectivity index (χ1) is 4.97. The minimum Gasteiger partial charge on any atom is -0.313 e. The number of hydrogen-bond donors (Lipinski definition) is 1. The zero-order valence-corrected chi connectivity index (χ0v) is 7.91. The van der Waals surface area contributed by atoms with Crippen LogP contribution in [0.5, 0.6) is 0 Å². The third-order valence-corrected chi connectivity index (χ3v) is 2.45. The van der Waals surface area contributed by atoms with Gasteiger partial charge in [0, 0.05) is 17.0 Å². The summed E-state index contributed by atoms with van der Waals surface area (Å²) in [6.07, 6.45) is 1.27. The summed E-state index contributed by atoms with van der Waals surface area (Å²) >= 11 is 1.47. The van der Waals surface area contributed by atoms with Crippen LogP contribution in [0.3, 0.4) is 0 Å². The first-order valence-corrected chi connectivity index (χ1v) is 5.82. The maximum absolute atomic E-state index is 10.8. The lowest BCUT2D eigenvalue weighted by molar-refractivity contribution is 0.566. The summed E-state index contributed by atoms with van der Waals surface area (Å²) in [7, 11) is -2.79. The normalized spacial score (nSPS) is 15.9. The highest BCUT2D eigenvalue weighted by Crippen LogP contribution is 2.05. The Morgan fingerprint density at radius 3 is 2.82 bits per heavy atom. The molecule has 0 fully saturated rings. The van der Waals surface area contributed by atoms with Crippen molar-refractivity contribution in [3.05, 3.63) is 16.1 Å². The third-order valence-electron chi connectivity index (χ3n) is 0.976. The van der Waals surface area contributed by atoms with Crippen molar-refractivity contribution in [2.75, 3.05) is 6.26 Å². The number of aromatic nitrogens is 1. The molecule has 0 aromatic carbocycles. The summed E-state index contributed by atoms with van der Waals surface area (Å²) in [4.78, 5) is 4.02. The first-order valence-electron chi connectivity index (χ1n) is 2.96. The minimum atomic E-state index is -2.79. The molecule has 0 saturated heterocycles. The molecular weight excluding hydrogens is 182 g/mol. The summed E-state index contributed by atoms with van der Waals surface area (Å²) in [5, 5.41) is 3.94. The van der Waals surface area contributed by atoms with E-state index in [4.69, 9.17) is 4.55 Å². The Morgan fingerprint density at radius 2 is 2.45 bits per heavy atom. The molecule has 0 aliphatic rings. The molecule has 1 N–H and O–H groups in total. The number of nitrogens with zero attached hydrogens (tertiary/aromatic N) is 1. The zero-order chi connectivity index (χ0) is 8.48. The lowest BCUT2D eigenvalue weighted by Crippen LogP contribution is -1.99. The molecule has 0 amide bonds. The van der Waals surface area contributed by atoms with Crippen molar-refractivity contribution >= 4 is 26.5 Å². The van der Waals surface area contributed by atoms with E-state index in [-0.39, 0.29) is 0 Å². The van der Waals surface area contributed by atoms with Gasteiger partial charge in [-0.05, 0) is 6.92 Å². The predicted molar refractivity (Wildman–Crippen MR) is 48.7 cm³/mol. The number of rotatable bonds is 1. The molecule has 0 bridgehead atoms. The van der Waals surface area contributed by atoms with Crippen LogP contribution in [0.2, 0.25) is 0 Å². The Labute approximate surface area is 69.9 Å². The molecular formula is C6H9NO2S2. The Bertz CT molecular complexity index is 352. The Morgan fingerprint density at radius 1 is 1.82 bits per heavy atom. The third kappa shape index (κ3) is 3.00. The summed E-state index contributed by atoms with van der Waals surface area (Å²) in [6, 6.07) is 0. The van der Waals surface area contributed by atoms with Crippen LogP contribution >= 0.6 is 11.3 Å². The van der Waals surface area contributed by atoms with Crippen molar-refractivity contribution in [3.63, 3.8) is 0 Å². The average molecular weight is 191 g/mol. The molecule has 1 aromatic rings. The van der Waals surface area contributed by atoms with Crippen LogP contribution < -0.4 is 0 Å². The molecule has 1 heterocycles. The van der Waals surface area contributed by atoms with Gasteiger partial charge in [-0.3, -0.25) is 0 Å². The Kier molecular flexibility index (Phi) is 2.31. The number of aryl methyl sites for hydroxylation is 1. The van der Waals surface area contributed by atoms with Crippen LogP contribution in [0.1, 0.15) is 10.7 Å². The minimum absolute atomic E-state index is 0.586. The van der Waals surface area contributed by atoms with E-state index in [1.807, 2.05) is 6.92 Å². The van der Waals surface area contributed by atoms with Crippen molar-refractivity contribution in [2.24, 2.45) is 0 Å². The standard InChI is InChI=1S/C6H9NO2S2/c1-5-7-6(3-10-5)4-11(2,8)9/h3-4H,1-2H3,(H,8,9). The monoisotopic (exact) mass is 191 g/mol. The van der Waals surface area contributed by atoms with Crippen molar-refractivity contribution in [1.82, 2.24) is 4.98 Å². The lowest BCUT2D eigenvalue weighted by atomic mass is 10.6. The van der Waals surface area contributed by atoms with E-state index >= 15 is 0 Å². The fraction of sp³-hybridized carbons (Fsp3) is 0.333. The van der Waals surface area contributed by atoms with Gasteiger partial charge in [-0.2, -0.15) is 0 Å². The van der Waals surface area contributed by atoms with Crippen LogP contribution in [0.4, 0.5) is 0 Å². The second kappa shape index (κ2) is 2.92. The SMILES string of the molecule is Cc1nc(C=S(C)(=O)O)cs1. The highest BCUT2D eigenvalue weighted by molar-refractivity contribution is 7.95. The summed E-state index contributed by atoms with van der Waals surface area (Å²) in [5.41, 5.74) is 0.586. The summed E-state index contributed by atoms with van der Waals surface area (Å²) in [5.74, 6) is 0. The molecule has 0 aliphatic carbocycles. The van der Waals surface area contributed by atoms with Gasteiger partial charge in [0.1, 0.15) is 0 Å². The lowest BCUT2D eigenvalue weighted by Gasteiger charge is -1.89. The van der Waals surface area contributed by atoms with Crippen molar-refractivity contribution in [1.29, 1.82) is 0 Å². The molecule has 1 unspecified atom stereocenters. The van der Waals surface area contributed by atoms with Crippen LogP contribution in [0, 0.1) is 6.92 Å². The van der Waals surface area contributed by atoms with Crippen molar-refractivity contribution < 1.29 is 8.76 Å². The smallest absolute Gasteiger partial charge is 0.0901 e. The average Bonchev–Trinajstić information content (AvgIpc) is 2.10. The molecule has 0 saturated carbocycles. The predicted octanol–water partition coefficient (Wildman–Crippen LogP) is 0.989. The molecule has 11 heavy (non-hydrogen) atoms. The van der Waals surface area contributed by atoms with Gasteiger partial charge in [0.15, 0.2) is 0 Å². The second-order valence-electron chi connectivity index (χ2n) is 2.27. The second-order valence-corrected chi connectivity index (χ2v) is 5.29. The van der Waals surface area contributed by atoms with Crippen LogP contribution in [-0.4, -0.2) is 25.4 Å². The molecule has 1 aromatic heterocycles. The van der Waals surface area contributed by atoms with Crippen LogP contribution in [0.15, 0.2) is 5.38 Å². The molecule has 5 heteroatoms. The van der Waals surface area contributed by atoms with E-state index < -0.39 is 9.80 Å². The van der Waals surface area contributed by atoms with E-state index in [0.717, 1.165) is 5.01 Å². The van der Waals surface area contributed by atoms with Crippen LogP contribution in [0.25, 0.3) is 0 Å². The van der Waals surface area contributed by atoms with Gasteiger partial charge in [-0.1, -0.05) is 0 Å². The van der Waals surface area contributed by atoms with Crippen molar-refractivity contribution in [3.8, 4) is 0 Å². The highest BCUT2D eigenvalue weighted by atomic mass is 32.2. The van der Waals surface area contributed by atoms with E-state index in [9.17, 15) is 4.21 Å². The topological polar surface area (TPSA) is 50.2 Å². The molecule has 1 rings (SSSR count). The molecule has 3 nitrogen and oxygen atoms in total. The van der Waals surface area contributed by atoms with Gasteiger partial charge in [0.25, 0.3) is 0 Å². The maximum Gasteiger partial charge on any atom is 0.0901 e. The zero-order valence-electron chi connectivity index (χ0n) is 6.27. The van der Waals surface area contributed by atoms with Gasteiger partial charge in [0.2, 0.25) is 0 Å². The quantitative estimate of drug-likeness (QED) is 0.673. The molecule has 0 aliphatic heterocycles. The fourth-order valence-corrected chi connectivity index (χ4v) is 1.88. The van der Waals surface area contributed by atoms with Gasteiger partial charge in [0.05, 0.1) is 20.5 Å². The molecule has 62 valence electrons.